The van der Waals surface area contributed by atoms with Gasteiger partial charge in [0.2, 0.25) is 0 Å². The van der Waals surface area contributed by atoms with E-state index in [2.05, 4.69) is 0 Å². The van der Waals surface area contributed by atoms with Crippen molar-refractivity contribution < 1.29 is 19.1 Å². The fourth-order valence-corrected chi connectivity index (χ4v) is 2.69. The largest absolute Gasteiger partial charge is 0.419 e. The average Bonchev–Trinajstić information content (AvgIpc) is 2.74. The number of carbonyl (C=O) groups excluding carboxylic acids is 2. The maximum Gasteiger partial charge on any atom is 0.419 e. The first kappa shape index (κ1) is 20.9. The Balaban J connectivity index is 1.65. The Hall–Kier alpha value is -3.80. The van der Waals surface area contributed by atoms with Crippen LogP contribution in [0.1, 0.15) is 11.1 Å². The van der Waals surface area contributed by atoms with Crippen molar-refractivity contribution in [1.82, 2.24) is 0 Å². The molecule has 0 aliphatic carbocycles. The highest BCUT2D eigenvalue weighted by Crippen LogP contribution is 2.23. The highest BCUT2D eigenvalue weighted by Gasteiger charge is 2.16. The Morgan fingerprint density at radius 3 is 1.37 bits per heavy atom. The minimum atomic E-state index is -0.542. The predicted octanol–water partition coefficient (Wildman–Crippen LogP) is 5.57. The maximum atomic E-state index is 12.4. The first-order valence-corrected chi connectivity index (χ1v) is 9.48. The monoisotopic (exact) mass is 404 g/mol. The first-order valence-electron chi connectivity index (χ1n) is 9.48. The molecule has 0 N–H and O–H groups in total. The Labute approximate surface area is 176 Å². The minimum Gasteiger partial charge on any atom is -0.410 e. The lowest BCUT2D eigenvalue weighted by Gasteiger charge is -2.18. The molecule has 154 valence electrons. The van der Waals surface area contributed by atoms with Gasteiger partial charge >= 0.3 is 12.2 Å². The second-order valence-electron chi connectivity index (χ2n) is 7.00. The van der Waals surface area contributed by atoms with E-state index < -0.39 is 12.2 Å². The molecule has 0 aliphatic heterocycles. The summed E-state index contributed by atoms with van der Waals surface area (Å²) in [5, 5.41) is 0. The van der Waals surface area contributed by atoms with Crippen LogP contribution < -0.4 is 19.3 Å². The van der Waals surface area contributed by atoms with E-state index in [1.54, 1.807) is 32.3 Å². The molecule has 0 spiro atoms. The highest BCUT2D eigenvalue weighted by molar-refractivity contribution is 5.89. The molecule has 0 fully saturated rings. The molecule has 0 bridgehead atoms. The number of ether oxygens (including phenoxy) is 2. The predicted molar refractivity (Wildman–Crippen MR) is 118 cm³/mol. The number of anilines is 2. The van der Waals surface area contributed by atoms with E-state index in [4.69, 9.17) is 9.47 Å². The lowest BCUT2D eigenvalue weighted by Crippen LogP contribution is -2.30. The third kappa shape index (κ3) is 5.17. The molecule has 30 heavy (non-hydrogen) atoms. The topological polar surface area (TPSA) is 59.1 Å². The van der Waals surface area contributed by atoms with E-state index in [-0.39, 0.29) is 11.5 Å². The maximum absolute atomic E-state index is 12.4. The molecule has 0 aliphatic rings. The molecule has 2 amide bonds. The van der Waals surface area contributed by atoms with Crippen LogP contribution in [0.2, 0.25) is 0 Å². The summed E-state index contributed by atoms with van der Waals surface area (Å²) in [6.07, 6.45) is -1.08. The Morgan fingerprint density at radius 2 is 1.00 bits per heavy atom. The van der Waals surface area contributed by atoms with E-state index in [1.165, 1.54) is 15.9 Å². The summed E-state index contributed by atoms with van der Waals surface area (Å²) < 4.78 is 10.8. The number of rotatable bonds is 4. The van der Waals surface area contributed by atoms with E-state index >= 15 is 0 Å². The van der Waals surface area contributed by atoms with Gasteiger partial charge in [-0.05, 0) is 50.2 Å². The van der Waals surface area contributed by atoms with Gasteiger partial charge < -0.3 is 9.47 Å². The van der Waals surface area contributed by atoms with Crippen LogP contribution in [-0.2, 0) is 0 Å². The zero-order chi connectivity index (χ0) is 21.7. The van der Waals surface area contributed by atoms with E-state index in [1.807, 2.05) is 62.4 Å². The number of carbonyl (C=O) groups is 2. The zero-order valence-corrected chi connectivity index (χ0v) is 17.5. The van der Waals surface area contributed by atoms with Crippen LogP contribution in [-0.4, -0.2) is 26.3 Å². The molecule has 0 atom stereocenters. The van der Waals surface area contributed by atoms with Crippen molar-refractivity contribution in [3.8, 4) is 11.5 Å². The summed E-state index contributed by atoms with van der Waals surface area (Å²) in [4.78, 5) is 27.7. The van der Waals surface area contributed by atoms with Gasteiger partial charge in [-0.25, -0.2) is 9.59 Å². The lowest BCUT2D eigenvalue weighted by atomic mass is 10.2. The fourth-order valence-electron chi connectivity index (χ4n) is 2.69. The van der Waals surface area contributed by atoms with Crippen molar-refractivity contribution in [2.75, 3.05) is 23.9 Å². The molecule has 0 heterocycles. The van der Waals surface area contributed by atoms with Crippen molar-refractivity contribution in [2.45, 2.75) is 13.8 Å². The van der Waals surface area contributed by atoms with Gasteiger partial charge in [-0.15, -0.1) is 0 Å². The molecule has 6 heteroatoms. The normalized spacial score (nSPS) is 10.3. The van der Waals surface area contributed by atoms with Gasteiger partial charge in [0.25, 0.3) is 0 Å². The number of hydrogen-bond donors (Lipinski definition) is 0. The third-order valence-corrected chi connectivity index (χ3v) is 4.61. The summed E-state index contributed by atoms with van der Waals surface area (Å²) in [6.45, 7) is 3.95. The van der Waals surface area contributed by atoms with Crippen molar-refractivity contribution in [1.29, 1.82) is 0 Å². The number of hydrogen-bond acceptors (Lipinski definition) is 4. The molecular formula is C24H24N2O4. The van der Waals surface area contributed by atoms with Crippen molar-refractivity contribution in [2.24, 2.45) is 0 Å². The van der Waals surface area contributed by atoms with Crippen LogP contribution in [0.4, 0.5) is 21.0 Å². The summed E-state index contributed by atoms with van der Waals surface area (Å²) in [6, 6.07) is 21.5. The molecule has 3 rings (SSSR count). The third-order valence-electron chi connectivity index (χ3n) is 4.61. The summed E-state index contributed by atoms with van der Waals surface area (Å²) in [7, 11) is 3.26. The quantitative estimate of drug-likeness (QED) is 0.570. The van der Waals surface area contributed by atoms with Crippen LogP contribution in [0.15, 0.2) is 72.8 Å². The van der Waals surface area contributed by atoms with Gasteiger partial charge in [-0.1, -0.05) is 41.5 Å². The molecule has 3 aromatic rings. The lowest BCUT2D eigenvalue weighted by molar-refractivity contribution is 0.207. The van der Waals surface area contributed by atoms with Gasteiger partial charge in [-0.2, -0.15) is 0 Å². The van der Waals surface area contributed by atoms with Crippen molar-refractivity contribution in [3.63, 3.8) is 0 Å². The van der Waals surface area contributed by atoms with E-state index in [0.717, 1.165) is 11.1 Å². The van der Waals surface area contributed by atoms with Crippen molar-refractivity contribution >= 4 is 23.6 Å². The van der Waals surface area contributed by atoms with Gasteiger partial charge in [-0.3, -0.25) is 9.80 Å². The Morgan fingerprint density at radius 1 is 0.633 bits per heavy atom. The molecule has 3 aromatic carbocycles. The summed E-state index contributed by atoms with van der Waals surface area (Å²) in [5.41, 5.74) is 3.64. The Bertz CT molecular complexity index is 949. The zero-order valence-electron chi connectivity index (χ0n) is 17.5. The smallest absolute Gasteiger partial charge is 0.410 e. The van der Waals surface area contributed by atoms with Gasteiger partial charge in [0.1, 0.15) is 11.5 Å². The molecule has 6 nitrogen and oxygen atoms in total. The number of amides is 2. The molecule has 0 aromatic heterocycles. The van der Waals surface area contributed by atoms with Crippen LogP contribution in [0.5, 0.6) is 11.5 Å². The summed E-state index contributed by atoms with van der Waals surface area (Å²) in [5.74, 6) is 0.560. The van der Waals surface area contributed by atoms with Gasteiger partial charge in [0, 0.05) is 31.5 Å². The Kier molecular flexibility index (Phi) is 6.37. The molecule has 0 saturated carbocycles. The van der Waals surface area contributed by atoms with Crippen LogP contribution in [0, 0.1) is 13.8 Å². The molecule has 0 saturated heterocycles. The average molecular weight is 404 g/mol. The number of nitrogens with zero attached hydrogens (tertiary/aromatic N) is 2. The number of aryl methyl sites for hydroxylation is 2. The van der Waals surface area contributed by atoms with Crippen LogP contribution in [0.3, 0.4) is 0 Å². The second-order valence-corrected chi connectivity index (χ2v) is 7.00. The van der Waals surface area contributed by atoms with Crippen LogP contribution >= 0.6 is 0 Å². The minimum absolute atomic E-state index is 0.280. The second kappa shape index (κ2) is 9.13. The standard InChI is InChI=1S/C24H24N2O4/c1-17-8-12-19(13-9-17)25(3)23(27)29-21-6-5-7-22(16-21)30-24(28)26(4)20-14-10-18(2)11-15-20/h5-16H,1-4H3. The fraction of sp³-hybridized carbons (Fsp3) is 0.167. The molecule has 0 radical (unpaired) electrons. The molecular weight excluding hydrogens is 380 g/mol. The summed E-state index contributed by atoms with van der Waals surface area (Å²) >= 11 is 0. The van der Waals surface area contributed by atoms with E-state index in [0.29, 0.717) is 11.4 Å². The van der Waals surface area contributed by atoms with E-state index in [9.17, 15) is 9.59 Å². The first-order chi connectivity index (χ1) is 14.3. The number of benzene rings is 3. The van der Waals surface area contributed by atoms with Gasteiger partial charge in [0.15, 0.2) is 0 Å². The molecule has 0 unspecified atom stereocenters. The highest BCUT2D eigenvalue weighted by atomic mass is 16.6. The SMILES string of the molecule is Cc1ccc(N(C)C(=O)Oc2cccc(OC(=O)N(C)c3ccc(C)cc3)c2)cc1. The van der Waals surface area contributed by atoms with Gasteiger partial charge in [0.05, 0.1) is 0 Å². The van der Waals surface area contributed by atoms with Crippen LogP contribution in [0.25, 0.3) is 0 Å². The van der Waals surface area contributed by atoms with Crippen molar-refractivity contribution in [3.05, 3.63) is 83.9 Å².